The largest absolute Gasteiger partial charge is 0.317 e. The Morgan fingerprint density at radius 2 is 2.20 bits per heavy atom. The van der Waals surface area contributed by atoms with E-state index in [-0.39, 0.29) is 5.25 Å². The highest BCUT2D eigenvalue weighted by molar-refractivity contribution is 7.85. The van der Waals surface area contributed by atoms with Crippen LogP contribution in [0.3, 0.4) is 0 Å². The Morgan fingerprint density at radius 1 is 1.47 bits per heavy atom. The lowest BCUT2D eigenvalue weighted by atomic mass is 10.2. The monoisotopic (exact) mass is 225 g/mol. The Morgan fingerprint density at radius 3 is 2.87 bits per heavy atom. The number of aromatic nitrogens is 2. The van der Waals surface area contributed by atoms with Gasteiger partial charge in [0.05, 0.1) is 10.8 Å². The summed E-state index contributed by atoms with van der Waals surface area (Å²) in [6.45, 7) is 3.79. The molecule has 1 aliphatic rings. The minimum atomic E-state index is -1.04. The lowest BCUT2D eigenvalue weighted by molar-refractivity contribution is 0.517. The van der Waals surface area contributed by atoms with Gasteiger partial charge in [-0.25, -0.2) is 9.97 Å². The van der Waals surface area contributed by atoms with Gasteiger partial charge in [0.2, 0.25) is 5.16 Å². The fourth-order valence-electron chi connectivity index (χ4n) is 1.68. The summed E-state index contributed by atoms with van der Waals surface area (Å²) in [4.78, 5) is 8.30. The van der Waals surface area contributed by atoms with Crippen LogP contribution < -0.4 is 5.32 Å². The molecule has 2 heterocycles. The van der Waals surface area contributed by atoms with E-state index in [4.69, 9.17) is 0 Å². The Labute approximate surface area is 92.0 Å². The summed E-state index contributed by atoms with van der Waals surface area (Å²) in [5.41, 5.74) is 0.877. The van der Waals surface area contributed by atoms with Crippen LogP contribution in [0.15, 0.2) is 17.4 Å². The molecule has 0 bridgehead atoms. The van der Waals surface area contributed by atoms with Crippen LogP contribution in [-0.4, -0.2) is 32.5 Å². The van der Waals surface area contributed by atoms with Gasteiger partial charge in [0, 0.05) is 17.1 Å². The van der Waals surface area contributed by atoms with Crippen LogP contribution in [0.1, 0.15) is 18.5 Å². The molecule has 0 aromatic carbocycles. The fourth-order valence-corrected chi connectivity index (χ4v) is 3.04. The van der Waals surface area contributed by atoms with Crippen molar-refractivity contribution in [3.8, 4) is 0 Å². The molecule has 2 rings (SSSR count). The van der Waals surface area contributed by atoms with Gasteiger partial charge in [-0.1, -0.05) is 0 Å². The second-order valence-corrected chi connectivity index (χ2v) is 5.35. The molecule has 1 aliphatic heterocycles. The molecule has 4 nitrogen and oxygen atoms in total. The van der Waals surface area contributed by atoms with Crippen molar-refractivity contribution in [2.24, 2.45) is 0 Å². The van der Waals surface area contributed by atoms with Gasteiger partial charge in [-0.2, -0.15) is 0 Å². The van der Waals surface area contributed by atoms with Crippen LogP contribution in [0.2, 0.25) is 0 Å². The molecule has 1 aromatic rings. The van der Waals surface area contributed by atoms with Crippen molar-refractivity contribution in [2.45, 2.75) is 30.2 Å². The lowest BCUT2D eigenvalue weighted by Gasteiger charge is -2.20. The SMILES string of the molecule is Cc1ccnc([S@@](=O)C2CCNCC2)n1. The van der Waals surface area contributed by atoms with Gasteiger partial charge in [-0.05, 0) is 38.9 Å². The zero-order valence-electron chi connectivity index (χ0n) is 8.77. The standard InChI is InChI=1S/C10H15N3OS/c1-8-2-7-12-10(13-8)15(14)9-3-5-11-6-4-9/h2,7,9,11H,3-6H2,1H3/t15-/m0/s1. The average Bonchev–Trinajstić information content (AvgIpc) is 2.29. The maximum atomic E-state index is 12.1. The molecule has 0 saturated carbocycles. The molecule has 0 unspecified atom stereocenters. The molecular weight excluding hydrogens is 210 g/mol. The summed E-state index contributed by atoms with van der Waals surface area (Å²) in [7, 11) is -1.04. The zero-order chi connectivity index (χ0) is 10.7. The first-order valence-electron chi connectivity index (χ1n) is 5.18. The molecule has 15 heavy (non-hydrogen) atoms. The summed E-state index contributed by atoms with van der Waals surface area (Å²) in [5.74, 6) is 0. The predicted octanol–water partition coefficient (Wildman–Crippen LogP) is 0.645. The van der Waals surface area contributed by atoms with Crippen LogP contribution in [0.5, 0.6) is 0 Å². The molecule has 1 aromatic heterocycles. The number of hydrogen-bond donors (Lipinski definition) is 1. The first kappa shape index (κ1) is 10.7. The molecule has 0 radical (unpaired) electrons. The molecule has 0 amide bonds. The van der Waals surface area contributed by atoms with E-state index in [9.17, 15) is 4.21 Å². The minimum absolute atomic E-state index is 0.216. The molecular formula is C10H15N3OS. The van der Waals surface area contributed by atoms with Gasteiger partial charge < -0.3 is 5.32 Å². The summed E-state index contributed by atoms with van der Waals surface area (Å²) in [5, 5.41) is 3.96. The summed E-state index contributed by atoms with van der Waals surface area (Å²) >= 11 is 0. The third-order valence-corrected chi connectivity index (χ3v) is 4.18. The highest BCUT2D eigenvalue weighted by Gasteiger charge is 2.22. The Balaban J connectivity index is 2.12. The summed E-state index contributed by atoms with van der Waals surface area (Å²) < 4.78 is 12.1. The predicted molar refractivity (Wildman–Crippen MR) is 59.1 cm³/mol. The van der Waals surface area contributed by atoms with Gasteiger partial charge in [0.15, 0.2) is 0 Å². The van der Waals surface area contributed by atoms with Gasteiger partial charge >= 0.3 is 0 Å². The number of aryl methyl sites for hydroxylation is 1. The van der Waals surface area contributed by atoms with Gasteiger partial charge in [-0.3, -0.25) is 4.21 Å². The summed E-state index contributed by atoms with van der Waals surface area (Å²) in [6, 6.07) is 1.82. The molecule has 82 valence electrons. The van der Waals surface area contributed by atoms with E-state index >= 15 is 0 Å². The maximum absolute atomic E-state index is 12.1. The van der Waals surface area contributed by atoms with Crippen molar-refractivity contribution in [2.75, 3.05) is 13.1 Å². The molecule has 1 fully saturated rings. The number of piperidine rings is 1. The summed E-state index contributed by atoms with van der Waals surface area (Å²) in [6.07, 6.45) is 3.57. The van der Waals surface area contributed by atoms with Crippen LogP contribution in [0, 0.1) is 6.92 Å². The average molecular weight is 225 g/mol. The second-order valence-electron chi connectivity index (χ2n) is 3.73. The van der Waals surface area contributed by atoms with Crippen molar-refractivity contribution >= 4 is 10.8 Å². The topological polar surface area (TPSA) is 54.9 Å². The van der Waals surface area contributed by atoms with E-state index in [1.807, 2.05) is 13.0 Å². The van der Waals surface area contributed by atoms with E-state index in [1.165, 1.54) is 0 Å². The third-order valence-electron chi connectivity index (χ3n) is 2.54. The molecule has 1 saturated heterocycles. The van der Waals surface area contributed by atoms with E-state index < -0.39 is 10.8 Å². The zero-order valence-corrected chi connectivity index (χ0v) is 9.59. The molecule has 1 N–H and O–H groups in total. The van der Waals surface area contributed by atoms with Crippen molar-refractivity contribution in [1.82, 2.24) is 15.3 Å². The van der Waals surface area contributed by atoms with Crippen molar-refractivity contribution < 1.29 is 4.21 Å². The quantitative estimate of drug-likeness (QED) is 0.751. The number of nitrogens with one attached hydrogen (secondary N) is 1. The molecule has 1 atom stereocenters. The van der Waals surface area contributed by atoms with Crippen molar-refractivity contribution in [3.05, 3.63) is 18.0 Å². The van der Waals surface area contributed by atoms with Crippen LogP contribution >= 0.6 is 0 Å². The second kappa shape index (κ2) is 4.81. The Bertz CT molecular complexity index is 363. The Hall–Kier alpha value is -0.810. The number of hydrogen-bond acceptors (Lipinski definition) is 4. The smallest absolute Gasteiger partial charge is 0.218 e. The third kappa shape index (κ3) is 2.60. The van der Waals surface area contributed by atoms with Crippen LogP contribution in [0.25, 0.3) is 0 Å². The van der Waals surface area contributed by atoms with Crippen molar-refractivity contribution in [1.29, 1.82) is 0 Å². The highest BCUT2D eigenvalue weighted by atomic mass is 32.2. The first-order chi connectivity index (χ1) is 7.27. The maximum Gasteiger partial charge on any atom is 0.218 e. The fraction of sp³-hybridized carbons (Fsp3) is 0.600. The Kier molecular flexibility index (Phi) is 3.43. The normalized spacial score (nSPS) is 20.1. The molecule has 0 spiro atoms. The molecule has 5 heteroatoms. The van der Waals surface area contributed by atoms with Gasteiger partial charge in [0.1, 0.15) is 0 Å². The van der Waals surface area contributed by atoms with Gasteiger partial charge in [-0.15, -0.1) is 0 Å². The van der Waals surface area contributed by atoms with Gasteiger partial charge in [0.25, 0.3) is 0 Å². The first-order valence-corrected chi connectivity index (χ1v) is 6.39. The molecule has 0 aliphatic carbocycles. The van der Waals surface area contributed by atoms with E-state index in [2.05, 4.69) is 15.3 Å². The van der Waals surface area contributed by atoms with Crippen LogP contribution in [-0.2, 0) is 10.8 Å². The van der Waals surface area contributed by atoms with E-state index in [0.29, 0.717) is 5.16 Å². The minimum Gasteiger partial charge on any atom is -0.317 e. The number of rotatable bonds is 2. The van der Waals surface area contributed by atoms with E-state index in [1.54, 1.807) is 6.20 Å². The van der Waals surface area contributed by atoms with Crippen LogP contribution in [0.4, 0.5) is 0 Å². The lowest BCUT2D eigenvalue weighted by Crippen LogP contribution is -2.33. The van der Waals surface area contributed by atoms with Crippen molar-refractivity contribution in [3.63, 3.8) is 0 Å². The van der Waals surface area contributed by atoms with E-state index in [0.717, 1.165) is 31.6 Å². The highest BCUT2D eigenvalue weighted by Crippen LogP contribution is 2.15. The number of nitrogens with zero attached hydrogens (tertiary/aromatic N) is 2.